The number of carbonyl (C=O) groups is 1. The second-order valence-corrected chi connectivity index (χ2v) is 7.49. The van der Waals surface area contributed by atoms with Crippen molar-refractivity contribution in [2.24, 2.45) is 7.05 Å². The van der Waals surface area contributed by atoms with Crippen LogP contribution in [-0.2, 0) is 7.05 Å². The van der Waals surface area contributed by atoms with Gasteiger partial charge in [0.2, 0.25) is 0 Å². The molecule has 0 aliphatic carbocycles. The number of fused-ring (bicyclic) bond motifs is 1. The van der Waals surface area contributed by atoms with Gasteiger partial charge in [0, 0.05) is 24.7 Å². The van der Waals surface area contributed by atoms with Crippen LogP contribution >= 0.6 is 0 Å². The van der Waals surface area contributed by atoms with E-state index in [4.69, 9.17) is 0 Å². The van der Waals surface area contributed by atoms with Crippen molar-refractivity contribution in [2.45, 2.75) is 0 Å². The molecule has 4 aromatic rings. The van der Waals surface area contributed by atoms with E-state index in [0.29, 0.717) is 22.3 Å². The minimum atomic E-state index is -0.522. The third-order valence-corrected chi connectivity index (χ3v) is 5.73. The first-order valence-corrected chi connectivity index (χ1v) is 9.58. The summed E-state index contributed by atoms with van der Waals surface area (Å²) in [6.45, 7) is 0. The predicted octanol–water partition coefficient (Wildman–Crippen LogP) is -3.54. The molecule has 0 saturated heterocycles. The fourth-order valence-corrected chi connectivity index (χ4v) is 3.55. The number of carbonyl (C=O) groups excluding carboxylic acids is 1. The van der Waals surface area contributed by atoms with Gasteiger partial charge in [-0.05, 0) is 12.1 Å². The lowest BCUT2D eigenvalue weighted by Gasteiger charge is -2.16. The summed E-state index contributed by atoms with van der Waals surface area (Å²) in [5.41, 5.74) is 5.25. The molecule has 0 unspecified atom stereocenters. The van der Waals surface area contributed by atoms with Crippen molar-refractivity contribution in [1.29, 1.82) is 0 Å². The number of nitrogens with one attached hydrogen (secondary N) is 1. The fraction of sp³-hybridized carbons (Fsp3) is 0.0526. The summed E-state index contributed by atoms with van der Waals surface area (Å²) in [4.78, 5) is 26.0. The minimum absolute atomic E-state index is 0.0501. The Hall–Kier alpha value is -3.35. The van der Waals surface area contributed by atoms with Gasteiger partial charge in [-0.1, -0.05) is 16.4 Å². The highest BCUT2D eigenvalue weighted by Crippen LogP contribution is 2.21. The predicted molar refractivity (Wildman–Crippen MR) is 129 cm³/mol. The van der Waals surface area contributed by atoms with Gasteiger partial charge in [-0.2, -0.15) is 0 Å². The third-order valence-electron chi connectivity index (χ3n) is 5.73. The molecule has 30 heavy (non-hydrogen) atoms. The fourth-order valence-electron chi connectivity index (χ4n) is 3.55. The van der Waals surface area contributed by atoms with Crippen LogP contribution in [0.15, 0.2) is 36.9 Å². The van der Waals surface area contributed by atoms with Crippen LogP contribution < -0.4 is 27.2 Å². The number of halogens is 1. The smallest absolute Gasteiger partial charge is 0.259 e. The van der Waals surface area contributed by atoms with Gasteiger partial charge >= 0.3 is 0 Å². The lowest BCUT2D eigenvalue weighted by molar-refractivity contribution is 0.102. The summed E-state index contributed by atoms with van der Waals surface area (Å²) < 4.78 is 16.7. The zero-order chi connectivity index (χ0) is 21.6. The first kappa shape index (κ1) is 19.9. The van der Waals surface area contributed by atoms with Crippen molar-refractivity contribution < 1.29 is 9.18 Å². The van der Waals surface area contributed by atoms with E-state index in [0.717, 1.165) is 27.7 Å². The highest BCUT2D eigenvalue weighted by atomic mass is 19.1. The van der Waals surface area contributed by atoms with Crippen molar-refractivity contribution in [3.8, 4) is 11.4 Å². The first-order valence-electron chi connectivity index (χ1n) is 9.58. The molecule has 0 saturated carbocycles. The maximum absolute atomic E-state index is 14.9. The van der Waals surface area contributed by atoms with Gasteiger partial charge in [-0.15, -0.1) is 5.46 Å². The lowest BCUT2D eigenvalue weighted by atomic mass is 9.65. The van der Waals surface area contributed by atoms with Gasteiger partial charge in [0.15, 0.2) is 0 Å². The summed E-state index contributed by atoms with van der Waals surface area (Å²) in [5, 5.41) is 3.56. The second kappa shape index (κ2) is 7.48. The molecule has 6 nitrogen and oxygen atoms in total. The number of rotatable bonds is 3. The molecule has 3 heterocycles. The van der Waals surface area contributed by atoms with Crippen LogP contribution in [0.2, 0.25) is 0 Å². The van der Waals surface area contributed by atoms with Crippen LogP contribution in [0.25, 0.3) is 22.3 Å². The second-order valence-electron chi connectivity index (χ2n) is 7.49. The standard InChI is InChI=1S/C19H18B4FN5O/c1-29-7-25-6-11(29)9-3-2-8-5-26-12(4-10(8)27-9)28-19(30)13-14(20)15(21)16(22)17(23)18(13)24/h2-7H,20-23H2,1H3,(H,26,28,30). The van der Waals surface area contributed by atoms with Gasteiger partial charge < -0.3 is 9.88 Å². The highest BCUT2D eigenvalue weighted by molar-refractivity contribution is 6.63. The van der Waals surface area contributed by atoms with Crippen LogP contribution in [0.5, 0.6) is 0 Å². The number of aryl methyl sites for hydroxylation is 1. The maximum Gasteiger partial charge on any atom is 0.259 e. The number of pyridine rings is 2. The van der Waals surface area contributed by atoms with E-state index in [-0.39, 0.29) is 5.56 Å². The van der Waals surface area contributed by atoms with Gasteiger partial charge in [0.25, 0.3) is 5.91 Å². The van der Waals surface area contributed by atoms with E-state index in [2.05, 4.69) is 20.3 Å². The molecule has 1 N–H and O–H groups in total. The van der Waals surface area contributed by atoms with Crippen molar-refractivity contribution in [1.82, 2.24) is 19.5 Å². The number of hydrogen-bond acceptors (Lipinski definition) is 4. The van der Waals surface area contributed by atoms with E-state index in [9.17, 15) is 9.18 Å². The Morgan fingerprint density at radius 3 is 2.50 bits per heavy atom. The Morgan fingerprint density at radius 1 is 1.07 bits per heavy atom. The monoisotopic (exact) mass is 395 g/mol. The highest BCUT2D eigenvalue weighted by Gasteiger charge is 2.20. The summed E-state index contributed by atoms with van der Waals surface area (Å²) in [7, 11) is 9.10. The molecule has 0 radical (unpaired) electrons. The molecule has 0 aliphatic rings. The molecule has 0 atom stereocenters. The molecule has 3 aromatic heterocycles. The zero-order valence-corrected chi connectivity index (χ0v) is 17.5. The van der Waals surface area contributed by atoms with Crippen LogP contribution in [-0.4, -0.2) is 56.8 Å². The largest absolute Gasteiger partial charge is 0.332 e. The van der Waals surface area contributed by atoms with E-state index < -0.39 is 11.7 Å². The molecule has 0 aliphatic heterocycles. The quantitative estimate of drug-likeness (QED) is 0.365. The Kier molecular flexibility index (Phi) is 4.97. The molecule has 11 heteroatoms. The summed E-state index contributed by atoms with van der Waals surface area (Å²) in [6.07, 6.45) is 5.09. The van der Waals surface area contributed by atoms with Crippen LogP contribution in [0, 0.1) is 5.82 Å². The van der Waals surface area contributed by atoms with Crippen molar-refractivity contribution in [3.05, 3.63) is 48.3 Å². The van der Waals surface area contributed by atoms with E-state index in [1.807, 2.05) is 39.4 Å². The molecule has 1 amide bonds. The Bertz CT molecular complexity index is 1300. The van der Waals surface area contributed by atoms with Gasteiger partial charge in [-0.25, -0.2) is 19.3 Å². The molecular formula is C19H18B4FN5O. The van der Waals surface area contributed by atoms with Crippen molar-refractivity contribution >= 4 is 75.9 Å². The summed E-state index contributed by atoms with van der Waals surface area (Å²) in [5.74, 6) is -0.701. The number of nitrogens with zero attached hydrogens (tertiary/aromatic N) is 4. The number of aromatic nitrogens is 4. The molecule has 0 spiro atoms. The molecule has 0 bridgehead atoms. The van der Waals surface area contributed by atoms with Gasteiger partial charge in [0.05, 0.1) is 35.0 Å². The summed E-state index contributed by atoms with van der Waals surface area (Å²) >= 11 is 0. The zero-order valence-electron chi connectivity index (χ0n) is 17.5. The number of hydrogen-bond donors (Lipinski definition) is 1. The molecule has 1 aromatic carbocycles. The third kappa shape index (κ3) is 3.30. The number of benzene rings is 1. The van der Waals surface area contributed by atoms with Crippen LogP contribution in [0.3, 0.4) is 0 Å². The first-order chi connectivity index (χ1) is 14.3. The van der Waals surface area contributed by atoms with Crippen LogP contribution in [0.4, 0.5) is 10.2 Å². The minimum Gasteiger partial charge on any atom is -0.332 e. The van der Waals surface area contributed by atoms with Crippen molar-refractivity contribution in [3.63, 3.8) is 0 Å². The molecule has 144 valence electrons. The Morgan fingerprint density at radius 2 is 1.80 bits per heavy atom. The lowest BCUT2D eigenvalue weighted by Crippen LogP contribution is -2.52. The van der Waals surface area contributed by atoms with Crippen LogP contribution in [0.1, 0.15) is 10.4 Å². The van der Waals surface area contributed by atoms with Gasteiger partial charge in [0.1, 0.15) is 43.0 Å². The number of imidazole rings is 1. The Labute approximate surface area is 177 Å². The summed E-state index contributed by atoms with van der Waals surface area (Å²) in [6, 6.07) is 5.50. The van der Waals surface area contributed by atoms with Gasteiger partial charge in [-0.3, -0.25) is 4.79 Å². The van der Waals surface area contributed by atoms with E-state index in [1.165, 1.54) is 0 Å². The maximum atomic E-state index is 14.9. The number of amides is 1. The SMILES string of the molecule is Bc1c(B)c(B)c(C(=O)Nc2cc3nc(-c4cncn4C)ccc3cn2)c(F)c1B. The Balaban J connectivity index is 1.71. The van der Waals surface area contributed by atoms with Crippen molar-refractivity contribution in [2.75, 3.05) is 5.32 Å². The topological polar surface area (TPSA) is 72.7 Å². The molecule has 4 rings (SSSR count). The normalized spacial score (nSPS) is 11.0. The molecule has 0 fully saturated rings. The average Bonchev–Trinajstić information content (AvgIpc) is 3.16. The number of anilines is 1. The average molecular weight is 395 g/mol. The van der Waals surface area contributed by atoms with E-state index in [1.54, 1.807) is 40.5 Å². The molecular weight excluding hydrogens is 376 g/mol. The van der Waals surface area contributed by atoms with E-state index >= 15 is 0 Å².